The molecule has 0 amide bonds. The van der Waals surface area contributed by atoms with Gasteiger partial charge >= 0.3 is 0 Å². The molecule has 0 fully saturated rings. The number of aromatic nitrogens is 3. The van der Waals surface area contributed by atoms with Gasteiger partial charge in [0.2, 0.25) is 0 Å². The van der Waals surface area contributed by atoms with Crippen LogP contribution in [-0.2, 0) is 6.54 Å². The molecule has 0 aliphatic rings. The average Bonchev–Trinajstić information content (AvgIpc) is 2.76. The maximum absolute atomic E-state index is 13.3. The molecule has 1 heterocycles. The van der Waals surface area contributed by atoms with Crippen LogP contribution in [0.3, 0.4) is 0 Å². The van der Waals surface area contributed by atoms with Crippen molar-refractivity contribution in [3.05, 3.63) is 45.9 Å². The van der Waals surface area contributed by atoms with E-state index in [1.54, 1.807) is 4.68 Å². The summed E-state index contributed by atoms with van der Waals surface area (Å²) in [6.07, 6.45) is 3.70. The maximum Gasteiger partial charge on any atom is 0.124 e. The number of benzene rings is 1. The molecular formula is C13H16BrFN4. The lowest BCUT2D eigenvalue weighted by Crippen LogP contribution is -2.10. The Kier molecular flexibility index (Phi) is 4.66. The molecule has 0 aliphatic heterocycles. The van der Waals surface area contributed by atoms with Crippen LogP contribution in [0, 0.1) is 5.82 Å². The van der Waals surface area contributed by atoms with Gasteiger partial charge in [-0.1, -0.05) is 34.5 Å². The summed E-state index contributed by atoms with van der Waals surface area (Å²) in [6.45, 7) is 2.55. The highest BCUT2D eigenvalue weighted by Crippen LogP contribution is 2.16. The minimum absolute atomic E-state index is 0.0852. The third-order valence-electron chi connectivity index (χ3n) is 2.80. The summed E-state index contributed by atoms with van der Waals surface area (Å²) in [4.78, 5) is 0. The Morgan fingerprint density at radius 1 is 1.42 bits per heavy atom. The molecule has 1 aromatic carbocycles. The van der Waals surface area contributed by atoms with Gasteiger partial charge in [0.05, 0.1) is 24.5 Å². The third-order valence-corrected chi connectivity index (χ3v) is 3.26. The molecule has 0 aliphatic carbocycles. The fraction of sp³-hybridized carbons (Fsp3) is 0.385. The van der Waals surface area contributed by atoms with Gasteiger partial charge in [-0.25, -0.2) is 9.07 Å². The van der Waals surface area contributed by atoms with Crippen LogP contribution in [0.1, 0.15) is 37.1 Å². The molecule has 1 aromatic heterocycles. The van der Waals surface area contributed by atoms with Gasteiger partial charge in [-0.3, -0.25) is 0 Å². The van der Waals surface area contributed by atoms with Gasteiger partial charge in [0, 0.05) is 4.47 Å². The van der Waals surface area contributed by atoms with Crippen molar-refractivity contribution in [2.24, 2.45) is 5.73 Å². The lowest BCUT2D eigenvalue weighted by atomic mass is 10.1. The van der Waals surface area contributed by atoms with E-state index in [1.165, 1.54) is 12.1 Å². The van der Waals surface area contributed by atoms with E-state index in [0.29, 0.717) is 11.0 Å². The summed E-state index contributed by atoms with van der Waals surface area (Å²) in [6, 6.07) is 4.68. The van der Waals surface area contributed by atoms with Crippen molar-refractivity contribution in [1.82, 2.24) is 15.0 Å². The summed E-state index contributed by atoms with van der Waals surface area (Å²) < 4.78 is 15.7. The molecule has 0 spiro atoms. The van der Waals surface area contributed by atoms with E-state index in [2.05, 4.69) is 33.2 Å². The van der Waals surface area contributed by atoms with E-state index in [4.69, 9.17) is 5.73 Å². The normalized spacial score (nSPS) is 12.6. The van der Waals surface area contributed by atoms with Gasteiger partial charge in [0.1, 0.15) is 5.82 Å². The van der Waals surface area contributed by atoms with Gasteiger partial charge in [-0.2, -0.15) is 0 Å². The minimum atomic E-state index is -0.271. The first kappa shape index (κ1) is 14.1. The van der Waals surface area contributed by atoms with Crippen molar-refractivity contribution in [3.8, 4) is 0 Å². The van der Waals surface area contributed by atoms with E-state index in [1.807, 2.05) is 12.3 Å². The second-order valence-electron chi connectivity index (χ2n) is 4.51. The zero-order valence-corrected chi connectivity index (χ0v) is 12.3. The van der Waals surface area contributed by atoms with Crippen molar-refractivity contribution in [1.29, 1.82) is 0 Å². The van der Waals surface area contributed by atoms with Crippen LogP contribution in [0.15, 0.2) is 28.9 Å². The standard InChI is InChI=1S/C13H16BrFN4/c1-2-3-12(16)13-8-19(18-17-13)7-9-4-10(14)6-11(15)5-9/h4-6,8,12H,2-3,7,16H2,1H3. The second kappa shape index (κ2) is 6.25. The van der Waals surface area contributed by atoms with Crippen molar-refractivity contribution >= 4 is 15.9 Å². The van der Waals surface area contributed by atoms with E-state index in [0.717, 1.165) is 24.1 Å². The Hall–Kier alpha value is -1.27. The Labute approximate surface area is 119 Å². The summed E-state index contributed by atoms with van der Waals surface area (Å²) in [5.74, 6) is -0.271. The first-order valence-electron chi connectivity index (χ1n) is 6.19. The Bertz CT molecular complexity index is 535. The van der Waals surface area contributed by atoms with Crippen molar-refractivity contribution in [2.45, 2.75) is 32.4 Å². The van der Waals surface area contributed by atoms with Crippen LogP contribution in [0.25, 0.3) is 0 Å². The maximum atomic E-state index is 13.3. The molecular weight excluding hydrogens is 311 g/mol. The lowest BCUT2D eigenvalue weighted by Gasteiger charge is -2.05. The molecule has 102 valence electrons. The largest absolute Gasteiger partial charge is 0.323 e. The van der Waals surface area contributed by atoms with Crippen molar-refractivity contribution in [3.63, 3.8) is 0 Å². The zero-order valence-electron chi connectivity index (χ0n) is 10.7. The number of hydrogen-bond donors (Lipinski definition) is 1. The van der Waals surface area contributed by atoms with Gasteiger partial charge in [-0.05, 0) is 30.2 Å². The first-order valence-corrected chi connectivity index (χ1v) is 6.98. The highest BCUT2D eigenvalue weighted by molar-refractivity contribution is 9.10. The molecule has 0 bridgehead atoms. The van der Waals surface area contributed by atoms with E-state index in [9.17, 15) is 4.39 Å². The summed E-state index contributed by atoms with van der Waals surface area (Å²) >= 11 is 3.27. The first-order chi connectivity index (χ1) is 9.08. The summed E-state index contributed by atoms with van der Waals surface area (Å²) in [7, 11) is 0. The summed E-state index contributed by atoms with van der Waals surface area (Å²) in [5, 5.41) is 8.08. The van der Waals surface area contributed by atoms with E-state index < -0.39 is 0 Å². The van der Waals surface area contributed by atoms with Crippen molar-refractivity contribution in [2.75, 3.05) is 0 Å². The van der Waals surface area contributed by atoms with E-state index >= 15 is 0 Å². The van der Waals surface area contributed by atoms with Crippen LogP contribution >= 0.6 is 15.9 Å². The van der Waals surface area contributed by atoms with Crippen LogP contribution in [-0.4, -0.2) is 15.0 Å². The predicted molar refractivity (Wildman–Crippen MR) is 75.1 cm³/mol. The molecule has 0 radical (unpaired) electrons. The second-order valence-corrected chi connectivity index (χ2v) is 5.43. The Morgan fingerprint density at radius 3 is 2.89 bits per heavy atom. The topological polar surface area (TPSA) is 56.7 Å². The van der Waals surface area contributed by atoms with Gasteiger partial charge in [-0.15, -0.1) is 5.10 Å². The molecule has 0 saturated heterocycles. The molecule has 2 N–H and O–H groups in total. The smallest absolute Gasteiger partial charge is 0.124 e. The molecule has 0 saturated carbocycles. The number of rotatable bonds is 5. The van der Waals surface area contributed by atoms with Gasteiger partial charge in [0.15, 0.2) is 0 Å². The Balaban J connectivity index is 2.11. The molecule has 1 atom stereocenters. The highest BCUT2D eigenvalue weighted by Gasteiger charge is 2.10. The summed E-state index contributed by atoms with van der Waals surface area (Å²) in [5.41, 5.74) is 7.58. The number of nitrogens with zero attached hydrogens (tertiary/aromatic N) is 3. The van der Waals surface area contributed by atoms with Crippen LogP contribution in [0.5, 0.6) is 0 Å². The third kappa shape index (κ3) is 3.84. The predicted octanol–water partition coefficient (Wildman–Crippen LogP) is 3.03. The van der Waals surface area contributed by atoms with Crippen molar-refractivity contribution < 1.29 is 4.39 Å². The molecule has 6 heteroatoms. The zero-order chi connectivity index (χ0) is 13.8. The SMILES string of the molecule is CCCC(N)c1cn(Cc2cc(F)cc(Br)c2)nn1. The molecule has 2 aromatic rings. The quantitative estimate of drug-likeness (QED) is 0.918. The molecule has 2 rings (SSSR count). The van der Waals surface area contributed by atoms with Gasteiger partial charge in [0.25, 0.3) is 0 Å². The van der Waals surface area contributed by atoms with Crippen LogP contribution in [0.4, 0.5) is 4.39 Å². The molecule has 4 nitrogen and oxygen atoms in total. The van der Waals surface area contributed by atoms with E-state index in [-0.39, 0.29) is 11.9 Å². The van der Waals surface area contributed by atoms with Crippen LogP contribution < -0.4 is 5.73 Å². The lowest BCUT2D eigenvalue weighted by molar-refractivity contribution is 0.611. The highest BCUT2D eigenvalue weighted by atomic mass is 79.9. The Morgan fingerprint density at radius 2 is 2.21 bits per heavy atom. The minimum Gasteiger partial charge on any atom is -0.323 e. The molecule has 19 heavy (non-hydrogen) atoms. The fourth-order valence-corrected chi connectivity index (χ4v) is 2.42. The average molecular weight is 327 g/mol. The fourth-order valence-electron chi connectivity index (χ4n) is 1.91. The van der Waals surface area contributed by atoms with Crippen LogP contribution in [0.2, 0.25) is 0 Å². The molecule has 1 unspecified atom stereocenters. The monoisotopic (exact) mass is 326 g/mol. The van der Waals surface area contributed by atoms with Gasteiger partial charge < -0.3 is 5.73 Å². The number of hydrogen-bond acceptors (Lipinski definition) is 3. The number of halogens is 2. The number of nitrogens with two attached hydrogens (primary N) is 1.